The Hall–Kier alpha value is -3.50. The fourth-order valence-electron chi connectivity index (χ4n) is 4.88. The van der Waals surface area contributed by atoms with Crippen molar-refractivity contribution < 1.29 is 27.3 Å². The normalized spacial score (nSPS) is 18.1. The van der Waals surface area contributed by atoms with E-state index in [1.54, 1.807) is 35.8 Å². The van der Waals surface area contributed by atoms with Crippen LogP contribution in [0.3, 0.4) is 0 Å². The van der Waals surface area contributed by atoms with E-state index < -0.39 is 28.7 Å². The SMILES string of the molecule is CC1(C)C(=O)N(c2ccc(C#N)c(C(F)(F)F)c2)C(=S)N1CCCCCN1CCN(C(=O)c2ccno2)CC1. The summed E-state index contributed by atoms with van der Waals surface area (Å²) in [5.41, 5.74) is -2.64. The van der Waals surface area contributed by atoms with Crippen molar-refractivity contribution in [3.05, 3.63) is 47.3 Å². The predicted molar refractivity (Wildman–Crippen MR) is 140 cm³/mol. The first kappa shape index (κ1) is 28.5. The number of aromatic nitrogens is 1. The highest BCUT2D eigenvalue weighted by molar-refractivity contribution is 7.80. The van der Waals surface area contributed by atoms with E-state index in [1.165, 1.54) is 12.3 Å². The Morgan fingerprint density at radius 2 is 1.82 bits per heavy atom. The minimum absolute atomic E-state index is 0.00663. The molecule has 0 aliphatic carbocycles. The van der Waals surface area contributed by atoms with Gasteiger partial charge in [0.25, 0.3) is 11.8 Å². The number of hydrogen-bond acceptors (Lipinski definition) is 7. The molecule has 2 saturated heterocycles. The van der Waals surface area contributed by atoms with Crippen LogP contribution in [-0.2, 0) is 11.0 Å². The van der Waals surface area contributed by atoms with Crippen molar-refractivity contribution in [3.8, 4) is 6.07 Å². The Labute approximate surface area is 229 Å². The second kappa shape index (κ2) is 11.3. The van der Waals surface area contributed by atoms with Crippen LogP contribution in [0.1, 0.15) is 54.8 Å². The molecule has 0 spiro atoms. The molecule has 0 unspecified atom stereocenters. The van der Waals surface area contributed by atoms with Crippen molar-refractivity contribution in [1.29, 1.82) is 5.26 Å². The zero-order valence-corrected chi connectivity index (χ0v) is 22.5. The van der Waals surface area contributed by atoms with Gasteiger partial charge in [-0.2, -0.15) is 18.4 Å². The molecule has 2 aromatic rings. The van der Waals surface area contributed by atoms with E-state index in [9.17, 15) is 22.8 Å². The molecule has 1 aromatic heterocycles. The standard InChI is InChI=1S/C26H29F3N6O3S/c1-25(2)23(37)35(19-7-6-18(17-30)20(16-19)26(27,28)29)24(39)34(25)11-5-3-4-10-32-12-14-33(15-13-32)22(36)21-8-9-31-38-21/h6-9,16H,3-5,10-15H2,1-2H3. The number of anilines is 1. The number of benzene rings is 1. The van der Waals surface area contributed by atoms with E-state index in [0.29, 0.717) is 19.6 Å². The molecular weight excluding hydrogens is 533 g/mol. The second-order valence-corrected chi connectivity index (χ2v) is 10.4. The van der Waals surface area contributed by atoms with Gasteiger partial charge in [-0.3, -0.25) is 19.4 Å². The van der Waals surface area contributed by atoms with Crippen LogP contribution in [-0.4, -0.2) is 81.6 Å². The highest BCUT2D eigenvalue weighted by atomic mass is 32.1. The minimum atomic E-state index is -4.74. The van der Waals surface area contributed by atoms with Gasteiger partial charge in [-0.25, -0.2) is 0 Å². The van der Waals surface area contributed by atoms with Gasteiger partial charge in [0.05, 0.1) is 29.1 Å². The van der Waals surface area contributed by atoms with Gasteiger partial charge in [0.15, 0.2) is 5.11 Å². The van der Waals surface area contributed by atoms with Gasteiger partial charge >= 0.3 is 6.18 Å². The van der Waals surface area contributed by atoms with Crippen molar-refractivity contribution in [3.63, 3.8) is 0 Å². The molecular formula is C26H29F3N6O3S. The second-order valence-electron chi connectivity index (χ2n) is 10.0. The Kier molecular flexibility index (Phi) is 8.27. The number of rotatable bonds is 8. The highest BCUT2D eigenvalue weighted by Gasteiger charge is 2.49. The molecule has 4 rings (SSSR count). The van der Waals surface area contributed by atoms with Crippen LogP contribution in [0.5, 0.6) is 0 Å². The first-order valence-corrected chi connectivity index (χ1v) is 13.1. The lowest BCUT2D eigenvalue weighted by Gasteiger charge is -2.34. The van der Waals surface area contributed by atoms with Crippen molar-refractivity contribution in [2.75, 3.05) is 44.2 Å². The maximum Gasteiger partial charge on any atom is 0.417 e. The monoisotopic (exact) mass is 562 g/mol. The van der Waals surface area contributed by atoms with Gasteiger partial charge < -0.3 is 14.3 Å². The number of carbonyl (C=O) groups is 2. The summed E-state index contributed by atoms with van der Waals surface area (Å²) >= 11 is 5.54. The molecule has 1 aromatic carbocycles. The lowest BCUT2D eigenvalue weighted by Crippen LogP contribution is -2.48. The first-order valence-electron chi connectivity index (χ1n) is 12.6. The number of halogens is 3. The fraction of sp³-hybridized carbons (Fsp3) is 0.500. The molecule has 0 radical (unpaired) electrons. The summed E-state index contributed by atoms with van der Waals surface area (Å²) in [4.78, 5) is 32.5. The summed E-state index contributed by atoms with van der Waals surface area (Å²) < 4.78 is 45.4. The quantitative estimate of drug-likeness (QED) is 0.353. The average Bonchev–Trinajstić information content (AvgIpc) is 3.49. The molecule has 0 N–H and O–H groups in total. The molecule has 2 fully saturated rings. The third-order valence-corrected chi connectivity index (χ3v) is 7.58. The van der Waals surface area contributed by atoms with Crippen LogP contribution >= 0.6 is 12.2 Å². The average molecular weight is 563 g/mol. The van der Waals surface area contributed by atoms with Crippen molar-refractivity contribution in [2.45, 2.75) is 44.8 Å². The Morgan fingerprint density at radius 3 is 2.44 bits per heavy atom. The number of hydrogen-bond donors (Lipinski definition) is 0. The maximum absolute atomic E-state index is 13.5. The van der Waals surface area contributed by atoms with Gasteiger partial charge in [0.1, 0.15) is 5.54 Å². The van der Waals surface area contributed by atoms with E-state index in [1.807, 2.05) is 0 Å². The molecule has 3 heterocycles. The molecule has 0 saturated carbocycles. The van der Waals surface area contributed by atoms with Gasteiger partial charge in [0, 0.05) is 38.8 Å². The van der Waals surface area contributed by atoms with E-state index in [0.717, 1.165) is 55.9 Å². The fourth-order valence-corrected chi connectivity index (χ4v) is 5.39. The molecule has 13 heteroatoms. The third-order valence-electron chi connectivity index (χ3n) is 7.17. The maximum atomic E-state index is 13.5. The van der Waals surface area contributed by atoms with Crippen LogP contribution < -0.4 is 4.90 Å². The lowest BCUT2D eigenvalue weighted by molar-refractivity contribution is -0.137. The van der Waals surface area contributed by atoms with Crippen LogP contribution in [0.25, 0.3) is 0 Å². The Balaban J connectivity index is 1.28. The topological polar surface area (TPSA) is 96.9 Å². The summed E-state index contributed by atoms with van der Waals surface area (Å²) in [5.74, 6) is -0.332. The number of nitriles is 1. The number of amides is 2. The molecule has 39 heavy (non-hydrogen) atoms. The number of nitrogens with zero attached hydrogens (tertiary/aromatic N) is 6. The number of thiocarbonyl (C=S) groups is 1. The summed E-state index contributed by atoms with van der Waals surface area (Å²) in [6, 6.07) is 6.29. The third kappa shape index (κ3) is 5.91. The zero-order chi connectivity index (χ0) is 28.4. The summed E-state index contributed by atoms with van der Waals surface area (Å²) in [6.07, 6.45) is -0.756. The van der Waals surface area contributed by atoms with Gasteiger partial charge in [-0.05, 0) is 63.7 Å². The highest BCUT2D eigenvalue weighted by Crippen LogP contribution is 2.38. The Morgan fingerprint density at radius 1 is 1.13 bits per heavy atom. The van der Waals surface area contributed by atoms with Crippen molar-refractivity contribution in [1.82, 2.24) is 19.9 Å². The van der Waals surface area contributed by atoms with E-state index in [-0.39, 0.29) is 22.5 Å². The molecule has 9 nitrogen and oxygen atoms in total. The molecule has 0 bridgehead atoms. The molecule has 0 atom stereocenters. The van der Waals surface area contributed by atoms with E-state index in [4.69, 9.17) is 22.0 Å². The number of alkyl halides is 3. The first-order chi connectivity index (χ1) is 18.4. The summed E-state index contributed by atoms with van der Waals surface area (Å²) in [6.45, 7) is 7.50. The van der Waals surface area contributed by atoms with Gasteiger partial charge in [0.2, 0.25) is 5.76 Å². The van der Waals surface area contributed by atoms with Gasteiger partial charge in [-0.15, -0.1) is 0 Å². The lowest BCUT2D eigenvalue weighted by atomic mass is 10.0. The molecule has 2 aliphatic heterocycles. The number of carbonyl (C=O) groups excluding carboxylic acids is 2. The van der Waals surface area contributed by atoms with Crippen LogP contribution in [0.4, 0.5) is 18.9 Å². The predicted octanol–water partition coefficient (Wildman–Crippen LogP) is 3.91. The molecule has 2 aliphatic rings. The van der Waals surface area contributed by atoms with Crippen molar-refractivity contribution in [2.24, 2.45) is 0 Å². The molecule has 208 valence electrons. The van der Waals surface area contributed by atoms with Crippen LogP contribution in [0.2, 0.25) is 0 Å². The van der Waals surface area contributed by atoms with Crippen LogP contribution in [0.15, 0.2) is 35.0 Å². The van der Waals surface area contributed by atoms with E-state index >= 15 is 0 Å². The number of piperazine rings is 1. The minimum Gasteiger partial charge on any atom is -0.351 e. The van der Waals surface area contributed by atoms with Crippen molar-refractivity contribution >= 4 is 34.8 Å². The smallest absolute Gasteiger partial charge is 0.351 e. The zero-order valence-electron chi connectivity index (χ0n) is 21.7. The Bertz CT molecular complexity index is 1270. The number of unbranched alkanes of at least 4 members (excludes halogenated alkanes) is 2. The van der Waals surface area contributed by atoms with E-state index in [2.05, 4.69) is 10.1 Å². The summed E-state index contributed by atoms with van der Waals surface area (Å²) in [7, 11) is 0. The van der Waals surface area contributed by atoms with Gasteiger partial charge in [-0.1, -0.05) is 11.6 Å². The van der Waals surface area contributed by atoms with Crippen LogP contribution in [0, 0.1) is 11.3 Å². The summed E-state index contributed by atoms with van der Waals surface area (Å²) in [5, 5.41) is 12.8. The molecule has 2 amide bonds. The largest absolute Gasteiger partial charge is 0.417 e.